The molecule has 2 atom stereocenters. The molecule has 0 fully saturated rings. The molecule has 0 aliphatic carbocycles. The summed E-state index contributed by atoms with van der Waals surface area (Å²) in [6.07, 6.45) is 6.59. The number of aryl methyl sites for hydroxylation is 1. The van der Waals surface area contributed by atoms with E-state index in [1.165, 1.54) is 10.5 Å². The number of nitrogens with one attached hydrogen (secondary N) is 1. The summed E-state index contributed by atoms with van der Waals surface area (Å²) in [5.41, 5.74) is 1.29. The summed E-state index contributed by atoms with van der Waals surface area (Å²) >= 11 is 1.69. The minimum absolute atomic E-state index is 0.0200. The van der Waals surface area contributed by atoms with Gasteiger partial charge in [-0.25, -0.2) is 4.98 Å². The van der Waals surface area contributed by atoms with Crippen LogP contribution in [0.2, 0.25) is 0 Å². The van der Waals surface area contributed by atoms with Crippen molar-refractivity contribution in [3.63, 3.8) is 0 Å². The summed E-state index contributed by atoms with van der Waals surface area (Å²) < 4.78 is 2.14. The largest absolute Gasteiger partial charge is 0.351 e. The summed E-state index contributed by atoms with van der Waals surface area (Å²) in [7, 11) is 0. The van der Waals surface area contributed by atoms with Crippen LogP contribution in [-0.2, 0) is 24.2 Å². The second-order valence-corrected chi connectivity index (χ2v) is 6.90. The Morgan fingerprint density at radius 1 is 1.38 bits per heavy atom. The van der Waals surface area contributed by atoms with Gasteiger partial charge >= 0.3 is 0 Å². The van der Waals surface area contributed by atoms with Crippen LogP contribution in [-0.4, -0.2) is 26.8 Å². The highest BCUT2D eigenvalue weighted by molar-refractivity contribution is 8.01. The van der Waals surface area contributed by atoms with Crippen molar-refractivity contribution >= 4 is 17.7 Å². The zero-order chi connectivity index (χ0) is 14.2. The number of carbonyl (C=O) groups is 1. The van der Waals surface area contributed by atoms with Crippen LogP contribution in [0.5, 0.6) is 0 Å². The maximum atomic E-state index is 12.5. The van der Waals surface area contributed by atoms with E-state index < -0.39 is 0 Å². The van der Waals surface area contributed by atoms with Gasteiger partial charge in [-0.2, -0.15) is 0 Å². The number of aromatic nitrogens is 2. The van der Waals surface area contributed by atoms with E-state index in [9.17, 15) is 4.79 Å². The molecule has 4 nitrogen and oxygen atoms in total. The third-order valence-corrected chi connectivity index (χ3v) is 5.54. The van der Waals surface area contributed by atoms with Crippen molar-refractivity contribution in [3.05, 3.63) is 48.0 Å². The molecule has 1 aromatic heterocycles. The number of benzene rings is 1. The van der Waals surface area contributed by atoms with E-state index >= 15 is 0 Å². The van der Waals surface area contributed by atoms with E-state index in [1.54, 1.807) is 11.8 Å². The number of hydrogen-bond acceptors (Lipinski definition) is 3. The van der Waals surface area contributed by atoms with E-state index in [-0.39, 0.29) is 17.2 Å². The molecule has 2 unspecified atom stereocenters. The van der Waals surface area contributed by atoms with Crippen LogP contribution in [0.3, 0.4) is 0 Å². The Morgan fingerprint density at radius 3 is 3.19 bits per heavy atom. The zero-order valence-electron chi connectivity index (χ0n) is 11.7. The summed E-state index contributed by atoms with van der Waals surface area (Å²) in [5, 5.41) is 3.24. The molecule has 1 aromatic carbocycles. The Bertz CT molecular complexity index is 657. The SMILES string of the molecule is O=C(NC1CCc2nccn2C1)C1Cc2ccccc2S1. The predicted octanol–water partition coefficient (Wildman–Crippen LogP) is 2.03. The first kappa shape index (κ1) is 13.0. The van der Waals surface area contributed by atoms with E-state index in [1.807, 2.05) is 24.5 Å². The number of nitrogens with zero attached hydrogens (tertiary/aromatic N) is 2. The highest BCUT2D eigenvalue weighted by Crippen LogP contribution is 2.36. The van der Waals surface area contributed by atoms with Gasteiger partial charge in [-0.05, 0) is 24.5 Å². The van der Waals surface area contributed by atoms with Crippen LogP contribution in [0, 0.1) is 0 Å². The number of rotatable bonds is 2. The number of thioether (sulfide) groups is 1. The van der Waals surface area contributed by atoms with Gasteiger partial charge in [0.25, 0.3) is 0 Å². The minimum atomic E-state index is 0.0200. The molecule has 2 aromatic rings. The molecule has 0 saturated heterocycles. The molecule has 0 radical (unpaired) electrons. The van der Waals surface area contributed by atoms with Crippen molar-refractivity contribution in [3.8, 4) is 0 Å². The van der Waals surface area contributed by atoms with Gasteiger partial charge in [0.05, 0.1) is 5.25 Å². The average Bonchev–Trinajstić information content (AvgIpc) is 3.13. The van der Waals surface area contributed by atoms with Crippen molar-refractivity contribution < 1.29 is 4.79 Å². The van der Waals surface area contributed by atoms with Gasteiger partial charge in [-0.15, -0.1) is 11.8 Å². The predicted molar refractivity (Wildman–Crippen MR) is 82.3 cm³/mol. The third kappa shape index (κ3) is 2.46. The van der Waals surface area contributed by atoms with Crippen molar-refractivity contribution in [2.75, 3.05) is 0 Å². The van der Waals surface area contributed by atoms with Gasteiger partial charge in [0.2, 0.25) is 5.91 Å². The standard InChI is InChI=1S/C16H17N3OS/c20-16(14-9-11-3-1-2-4-13(11)21-14)18-12-5-6-15-17-7-8-19(15)10-12/h1-4,7-8,12,14H,5-6,9-10H2,(H,18,20). The summed E-state index contributed by atoms with van der Waals surface area (Å²) in [5.74, 6) is 1.30. The van der Waals surface area contributed by atoms with Crippen LogP contribution < -0.4 is 5.32 Å². The molecule has 2 aliphatic rings. The van der Waals surface area contributed by atoms with Gasteiger partial charge < -0.3 is 9.88 Å². The molecule has 0 bridgehead atoms. The average molecular weight is 299 g/mol. The maximum Gasteiger partial charge on any atom is 0.234 e. The Balaban J connectivity index is 1.40. The number of hydrogen-bond donors (Lipinski definition) is 1. The lowest BCUT2D eigenvalue weighted by atomic mass is 10.1. The Labute approximate surface area is 128 Å². The van der Waals surface area contributed by atoms with Gasteiger partial charge in [-0.3, -0.25) is 4.79 Å². The molecule has 4 rings (SSSR count). The van der Waals surface area contributed by atoms with Crippen LogP contribution in [0.4, 0.5) is 0 Å². The van der Waals surface area contributed by atoms with E-state index in [2.05, 4.69) is 27.0 Å². The molecule has 0 saturated carbocycles. The molecular weight excluding hydrogens is 282 g/mol. The second-order valence-electron chi connectivity index (χ2n) is 5.66. The molecule has 0 spiro atoms. The van der Waals surface area contributed by atoms with Crippen molar-refractivity contribution in [2.24, 2.45) is 0 Å². The zero-order valence-corrected chi connectivity index (χ0v) is 12.5. The van der Waals surface area contributed by atoms with E-state index in [4.69, 9.17) is 0 Å². The maximum absolute atomic E-state index is 12.5. The fraction of sp³-hybridized carbons (Fsp3) is 0.375. The van der Waals surface area contributed by atoms with Crippen LogP contribution in [0.25, 0.3) is 0 Å². The lowest BCUT2D eigenvalue weighted by Gasteiger charge is -2.25. The second kappa shape index (κ2) is 5.22. The number of fused-ring (bicyclic) bond motifs is 2. The Kier molecular flexibility index (Phi) is 3.22. The fourth-order valence-corrected chi connectivity index (χ4v) is 4.31. The molecule has 5 heteroatoms. The molecule has 21 heavy (non-hydrogen) atoms. The van der Waals surface area contributed by atoms with Crippen molar-refractivity contribution in [2.45, 2.75) is 42.0 Å². The first-order valence-electron chi connectivity index (χ1n) is 7.34. The molecule has 108 valence electrons. The quantitative estimate of drug-likeness (QED) is 0.923. The number of imidazole rings is 1. The minimum Gasteiger partial charge on any atom is -0.351 e. The first-order valence-corrected chi connectivity index (χ1v) is 8.22. The summed E-state index contributed by atoms with van der Waals surface area (Å²) in [6, 6.07) is 8.53. The lowest BCUT2D eigenvalue weighted by Crippen LogP contribution is -2.44. The van der Waals surface area contributed by atoms with Gasteiger partial charge in [0.15, 0.2) is 0 Å². The summed E-state index contributed by atoms with van der Waals surface area (Å²) in [6.45, 7) is 0.839. The molecule has 1 N–H and O–H groups in total. The summed E-state index contributed by atoms with van der Waals surface area (Å²) in [4.78, 5) is 18.0. The van der Waals surface area contributed by atoms with Gasteiger partial charge in [-0.1, -0.05) is 18.2 Å². The van der Waals surface area contributed by atoms with Crippen molar-refractivity contribution in [1.29, 1.82) is 0 Å². The smallest absolute Gasteiger partial charge is 0.234 e. The Morgan fingerprint density at radius 2 is 2.29 bits per heavy atom. The molecule has 2 aliphatic heterocycles. The fourth-order valence-electron chi connectivity index (χ4n) is 3.11. The van der Waals surface area contributed by atoms with E-state index in [0.717, 1.165) is 31.6 Å². The monoisotopic (exact) mass is 299 g/mol. The third-order valence-electron chi connectivity index (χ3n) is 4.22. The highest BCUT2D eigenvalue weighted by atomic mass is 32.2. The van der Waals surface area contributed by atoms with Crippen molar-refractivity contribution in [1.82, 2.24) is 14.9 Å². The van der Waals surface area contributed by atoms with Gasteiger partial charge in [0, 0.05) is 36.3 Å². The first-order chi connectivity index (χ1) is 10.3. The van der Waals surface area contributed by atoms with Gasteiger partial charge in [0.1, 0.15) is 5.82 Å². The van der Waals surface area contributed by atoms with E-state index in [0.29, 0.717) is 0 Å². The molecular formula is C16H17N3OS. The Hall–Kier alpha value is -1.75. The van der Waals surface area contributed by atoms with Crippen LogP contribution in [0.15, 0.2) is 41.6 Å². The molecule has 1 amide bonds. The van der Waals surface area contributed by atoms with Crippen LogP contribution >= 0.6 is 11.8 Å². The molecule has 3 heterocycles. The normalized spacial score (nSPS) is 23.4. The number of carbonyl (C=O) groups excluding carboxylic acids is 1. The highest BCUT2D eigenvalue weighted by Gasteiger charge is 2.30. The van der Waals surface area contributed by atoms with Crippen LogP contribution in [0.1, 0.15) is 17.8 Å². The number of amides is 1. The topological polar surface area (TPSA) is 46.9 Å². The lowest BCUT2D eigenvalue weighted by molar-refractivity contribution is -0.121.